The Balaban J connectivity index is 2.33. The normalized spacial score (nSPS) is 30.6. The summed E-state index contributed by atoms with van der Waals surface area (Å²) < 4.78 is 0. The van der Waals surface area contributed by atoms with Crippen molar-refractivity contribution in [3.63, 3.8) is 0 Å². The van der Waals surface area contributed by atoms with Crippen molar-refractivity contribution < 1.29 is 0 Å². The van der Waals surface area contributed by atoms with E-state index in [9.17, 15) is 0 Å². The number of nitrogens with two attached hydrogens (primary N) is 1. The third-order valence-corrected chi connectivity index (χ3v) is 3.72. The van der Waals surface area contributed by atoms with Crippen molar-refractivity contribution >= 4 is 0 Å². The topological polar surface area (TPSA) is 29.3 Å². The van der Waals surface area contributed by atoms with E-state index in [0.29, 0.717) is 6.04 Å². The van der Waals surface area contributed by atoms with Crippen LogP contribution in [-0.2, 0) is 0 Å². The Morgan fingerprint density at radius 3 is 2.36 bits per heavy atom. The van der Waals surface area contributed by atoms with Crippen LogP contribution < -0.4 is 5.73 Å². The molecular formula is C12H26N2. The summed E-state index contributed by atoms with van der Waals surface area (Å²) in [7, 11) is 2.28. The molecule has 0 bridgehead atoms. The predicted molar refractivity (Wildman–Crippen MR) is 62.4 cm³/mol. The van der Waals surface area contributed by atoms with Gasteiger partial charge in [-0.2, -0.15) is 0 Å². The molecule has 1 atom stereocenters. The summed E-state index contributed by atoms with van der Waals surface area (Å²) in [6.45, 7) is 4.61. The maximum Gasteiger partial charge on any atom is 0.00961 e. The van der Waals surface area contributed by atoms with Gasteiger partial charge in [0.15, 0.2) is 0 Å². The highest BCUT2D eigenvalue weighted by Gasteiger charge is 2.24. The van der Waals surface area contributed by atoms with Crippen molar-refractivity contribution in [1.82, 2.24) is 4.90 Å². The molecule has 0 aromatic heterocycles. The molecule has 1 saturated carbocycles. The Morgan fingerprint density at radius 1 is 1.29 bits per heavy atom. The first kappa shape index (κ1) is 12.0. The van der Waals surface area contributed by atoms with Gasteiger partial charge in [0.05, 0.1) is 0 Å². The molecule has 0 radical (unpaired) electrons. The standard InChI is InChI=1S/C12H26N2/c1-4-5-10(2)14(3)12-8-6-11(13)7-9-12/h10-12H,4-9,13H2,1-3H3. The fraction of sp³-hybridized carbons (Fsp3) is 1.00. The van der Waals surface area contributed by atoms with Crippen LogP contribution in [0, 0.1) is 0 Å². The smallest absolute Gasteiger partial charge is 0.00961 e. The van der Waals surface area contributed by atoms with Gasteiger partial charge in [0.2, 0.25) is 0 Å². The van der Waals surface area contributed by atoms with E-state index < -0.39 is 0 Å². The second-order valence-electron chi connectivity index (χ2n) is 4.87. The predicted octanol–water partition coefficient (Wildman–Crippen LogP) is 2.38. The van der Waals surface area contributed by atoms with Crippen molar-refractivity contribution in [1.29, 1.82) is 0 Å². The molecule has 1 fully saturated rings. The summed E-state index contributed by atoms with van der Waals surface area (Å²) in [5.74, 6) is 0. The summed E-state index contributed by atoms with van der Waals surface area (Å²) >= 11 is 0. The fourth-order valence-electron chi connectivity index (χ4n) is 2.49. The fourth-order valence-corrected chi connectivity index (χ4v) is 2.49. The molecule has 84 valence electrons. The molecule has 2 nitrogen and oxygen atoms in total. The van der Waals surface area contributed by atoms with Gasteiger partial charge in [0.1, 0.15) is 0 Å². The van der Waals surface area contributed by atoms with E-state index in [1.54, 1.807) is 0 Å². The molecule has 14 heavy (non-hydrogen) atoms. The molecule has 1 unspecified atom stereocenters. The van der Waals surface area contributed by atoms with Gasteiger partial charge in [-0.3, -0.25) is 0 Å². The van der Waals surface area contributed by atoms with E-state index in [0.717, 1.165) is 12.1 Å². The van der Waals surface area contributed by atoms with Crippen molar-refractivity contribution in [3.8, 4) is 0 Å². The lowest BCUT2D eigenvalue weighted by molar-refractivity contribution is 0.134. The second kappa shape index (κ2) is 5.72. The summed E-state index contributed by atoms with van der Waals surface area (Å²) in [5.41, 5.74) is 5.91. The average molecular weight is 198 g/mol. The van der Waals surface area contributed by atoms with Gasteiger partial charge in [-0.25, -0.2) is 0 Å². The van der Waals surface area contributed by atoms with Gasteiger partial charge < -0.3 is 10.6 Å². The molecule has 0 heterocycles. The molecule has 0 aromatic rings. The van der Waals surface area contributed by atoms with Crippen LogP contribution in [0.2, 0.25) is 0 Å². The Bertz CT molecular complexity index is 150. The maximum absolute atomic E-state index is 5.91. The zero-order chi connectivity index (χ0) is 10.6. The Hall–Kier alpha value is -0.0800. The molecule has 0 amide bonds. The van der Waals surface area contributed by atoms with Gasteiger partial charge in [0, 0.05) is 18.1 Å². The van der Waals surface area contributed by atoms with E-state index in [1.807, 2.05) is 0 Å². The van der Waals surface area contributed by atoms with Crippen molar-refractivity contribution in [2.75, 3.05) is 7.05 Å². The molecule has 0 aliphatic heterocycles. The molecule has 1 aliphatic carbocycles. The van der Waals surface area contributed by atoms with Gasteiger partial charge in [-0.05, 0) is 46.1 Å². The summed E-state index contributed by atoms with van der Waals surface area (Å²) in [6, 6.07) is 2.00. The van der Waals surface area contributed by atoms with Gasteiger partial charge in [-0.15, -0.1) is 0 Å². The van der Waals surface area contributed by atoms with Crippen LogP contribution in [0.4, 0.5) is 0 Å². The summed E-state index contributed by atoms with van der Waals surface area (Å²) in [5, 5.41) is 0. The highest BCUT2D eigenvalue weighted by Crippen LogP contribution is 2.23. The lowest BCUT2D eigenvalue weighted by Crippen LogP contribution is -2.42. The van der Waals surface area contributed by atoms with Gasteiger partial charge in [0.25, 0.3) is 0 Å². The minimum atomic E-state index is 0.473. The molecular weight excluding hydrogens is 172 g/mol. The average Bonchev–Trinajstić information content (AvgIpc) is 2.18. The van der Waals surface area contributed by atoms with E-state index in [1.165, 1.54) is 38.5 Å². The highest BCUT2D eigenvalue weighted by atomic mass is 15.2. The Morgan fingerprint density at radius 2 is 1.86 bits per heavy atom. The molecule has 2 N–H and O–H groups in total. The Labute approximate surface area is 88.8 Å². The molecule has 0 saturated heterocycles. The highest BCUT2D eigenvalue weighted by molar-refractivity contribution is 4.81. The maximum atomic E-state index is 5.91. The zero-order valence-electron chi connectivity index (χ0n) is 10.00. The monoisotopic (exact) mass is 198 g/mol. The molecule has 0 aromatic carbocycles. The first-order valence-corrected chi connectivity index (χ1v) is 6.12. The quantitative estimate of drug-likeness (QED) is 0.751. The van der Waals surface area contributed by atoms with E-state index in [-0.39, 0.29) is 0 Å². The van der Waals surface area contributed by atoms with E-state index in [4.69, 9.17) is 5.73 Å². The van der Waals surface area contributed by atoms with Crippen LogP contribution in [-0.4, -0.2) is 30.1 Å². The van der Waals surface area contributed by atoms with Crippen molar-refractivity contribution in [3.05, 3.63) is 0 Å². The number of nitrogens with zero attached hydrogens (tertiary/aromatic N) is 1. The minimum Gasteiger partial charge on any atom is -0.328 e. The summed E-state index contributed by atoms with van der Waals surface area (Å²) in [4.78, 5) is 2.56. The first-order chi connectivity index (χ1) is 6.65. The lowest BCUT2D eigenvalue weighted by atomic mass is 9.90. The van der Waals surface area contributed by atoms with Crippen LogP contribution in [0.1, 0.15) is 52.4 Å². The molecule has 1 aliphatic rings. The molecule has 0 spiro atoms. The largest absolute Gasteiger partial charge is 0.328 e. The Kier molecular flexibility index (Phi) is 4.90. The van der Waals surface area contributed by atoms with Crippen LogP contribution in [0.25, 0.3) is 0 Å². The number of hydrogen-bond donors (Lipinski definition) is 1. The zero-order valence-corrected chi connectivity index (χ0v) is 10.00. The van der Waals surface area contributed by atoms with Gasteiger partial charge >= 0.3 is 0 Å². The molecule has 1 rings (SSSR count). The van der Waals surface area contributed by atoms with Crippen LogP contribution in [0.5, 0.6) is 0 Å². The third kappa shape index (κ3) is 3.25. The van der Waals surface area contributed by atoms with E-state index in [2.05, 4.69) is 25.8 Å². The second-order valence-corrected chi connectivity index (χ2v) is 4.87. The third-order valence-electron chi connectivity index (χ3n) is 3.72. The minimum absolute atomic E-state index is 0.473. The van der Waals surface area contributed by atoms with E-state index >= 15 is 0 Å². The number of hydrogen-bond acceptors (Lipinski definition) is 2. The SMILES string of the molecule is CCCC(C)N(C)C1CCC(N)CC1. The van der Waals surface area contributed by atoms with Crippen LogP contribution in [0.3, 0.4) is 0 Å². The molecule has 2 heteroatoms. The summed E-state index contributed by atoms with van der Waals surface area (Å²) in [6.07, 6.45) is 7.63. The van der Waals surface area contributed by atoms with Crippen LogP contribution in [0.15, 0.2) is 0 Å². The van der Waals surface area contributed by atoms with Gasteiger partial charge in [-0.1, -0.05) is 13.3 Å². The first-order valence-electron chi connectivity index (χ1n) is 6.12. The lowest BCUT2D eigenvalue weighted by Gasteiger charge is -2.37. The van der Waals surface area contributed by atoms with Crippen LogP contribution >= 0.6 is 0 Å². The number of rotatable bonds is 4. The van der Waals surface area contributed by atoms with Crippen molar-refractivity contribution in [2.24, 2.45) is 5.73 Å². The van der Waals surface area contributed by atoms with Crippen molar-refractivity contribution in [2.45, 2.75) is 70.5 Å².